The highest BCUT2D eigenvalue weighted by Crippen LogP contribution is 2.01. The molecular formula is C10H23NO. The topological polar surface area (TPSA) is 12.5 Å². The number of unbranched alkanes of at least 4 members (excludes halogenated alkanes) is 2. The number of hydroxylamine groups is 2. The lowest BCUT2D eigenvalue weighted by molar-refractivity contribution is -0.177. The van der Waals surface area contributed by atoms with Gasteiger partial charge in [0.2, 0.25) is 0 Å². The van der Waals surface area contributed by atoms with Crippen LogP contribution >= 0.6 is 0 Å². The molecule has 0 saturated carbocycles. The van der Waals surface area contributed by atoms with Crippen molar-refractivity contribution in [2.45, 2.75) is 53.0 Å². The molecule has 0 aromatic heterocycles. The Kier molecular flexibility index (Phi) is 7.51. The average Bonchev–Trinajstić information content (AvgIpc) is 2.04. The quantitative estimate of drug-likeness (QED) is 0.433. The minimum absolute atomic E-state index is 0.497. The van der Waals surface area contributed by atoms with E-state index in [-0.39, 0.29) is 0 Å². The summed E-state index contributed by atoms with van der Waals surface area (Å²) in [5.74, 6) is 0. The molecule has 0 amide bonds. The van der Waals surface area contributed by atoms with Gasteiger partial charge in [0.25, 0.3) is 0 Å². The first-order chi connectivity index (χ1) is 5.72. The second-order valence-electron chi connectivity index (χ2n) is 3.37. The van der Waals surface area contributed by atoms with Crippen molar-refractivity contribution in [3.05, 3.63) is 0 Å². The van der Waals surface area contributed by atoms with E-state index in [4.69, 9.17) is 4.84 Å². The average molecular weight is 173 g/mol. The fraction of sp³-hybridized carbons (Fsp3) is 1.00. The van der Waals surface area contributed by atoms with Gasteiger partial charge in [-0.15, -0.1) is 0 Å². The van der Waals surface area contributed by atoms with Crippen LogP contribution in [0, 0.1) is 0 Å². The molecule has 0 aromatic rings. The Hall–Kier alpha value is -0.0800. The van der Waals surface area contributed by atoms with Crippen LogP contribution in [0.2, 0.25) is 0 Å². The molecule has 0 aliphatic carbocycles. The monoisotopic (exact) mass is 173 g/mol. The van der Waals surface area contributed by atoms with Gasteiger partial charge in [0.1, 0.15) is 0 Å². The molecule has 0 bridgehead atoms. The van der Waals surface area contributed by atoms with Gasteiger partial charge in [-0.25, -0.2) is 0 Å². The third-order valence-electron chi connectivity index (χ3n) is 1.89. The molecule has 0 radical (unpaired) electrons. The van der Waals surface area contributed by atoms with Gasteiger partial charge in [0.15, 0.2) is 0 Å². The first-order valence-corrected chi connectivity index (χ1v) is 5.11. The summed E-state index contributed by atoms with van der Waals surface area (Å²) in [7, 11) is 0. The largest absolute Gasteiger partial charge is 0.299 e. The molecule has 0 aliphatic rings. The zero-order valence-electron chi connectivity index (χ0n) is 8.97. The maximum absolute atomic E-state index is 5.59. The van der Waals surface area contributed by atoms with Gasteiger partial charge in [-0.1, -0.05) is 26.7 Å². The van der Waals surface area contributed by atoms with E-state index >= 15 is 0 Å². The Labute approximate surface area is 76.9 Å². The van der Waals surface area contributed by atoms with Gasteiger partial charge in [-0.05, 0) is 20.3 Å². The van der Waals surface area contributed by atoms with Crippen molar-refractivity contribution in [2.24, 2.45) is 0 Å². The van der Waals surface area contributed by atoms with E-state index in [2.05, 4.69) is 27.7 Å². The zero-order chi connectivity index (χ0) is 9.40. The number of rotatable bonds is 7. The molecule has 0 fully saturated rings. The molecule has 0 saturated heterocycles. The molecule has 74 valence electrons. The molecule has 12 heavy (non-hydrogen) atoms. The lowest BCUT2D eigenvalue weighted by atomic mass is 10.3. The summed E-state index contributed by atoms with van der Waals surface area (Å²) in [6.07, 6.45) is 3.71. The lowest BCUT2D eigenvalue weighted by Crippen LogP contribution is -2.31. The summed E-state index contributed by atoms with van der Waals surface area (Å²) in [6, 6.07) is 0.497. The van der Waals surface area contributed by atoms with Crippen LogP contribution < -0.4 is 0 Å². The highest BCUT2D eigenvalue weighted by molar-refractivity contribution is 4.48. The maximum atomic E-state index is 5.59. The number of hydrogen-bond acceptors (Lipinski definition) is 2. The molecule has 0 atom stereocenters. The predicted molar refractivity (Wildman–Crippen MR) is 53.0 cm³/mol. The second kappa shape index (κ2) is 7.56. The second-order valence-corrected chi connectivity index (χ2v) is 3.37. The predicted octanol–water partition coefficient (Wildman–Crippen LogP) is 2.84. The summed E-state index contributed by atoms with van der Waals surface area (Å²) >= 11 is 0. The van der Waals surface area contributed by atoms with Crippen molar-refractivity contribution in [3.63, 3.8) is 0 Å². The Morgan fingerprint density at radius 2 is 1.83 bits per heavy atom. The molecule has 2 nitrogen and oxygen atoms in total. The number of hydrogen-bond donors (Lipinski definition) is 0. The Balaban J connectivity index is 3.32. The van der Waals surface area contributed by atoms with Crippen LogP contribution in [0.1, 0.15) is 47.0 Å². The van der Waals surface area contributed by atoms with Crippen LogP contribution in [-0.2, 0) is 4.84 Å². The molecule has 0 N–H and O–H groups in total. The van der Waals surface area contributed by atoms with Crippen molar-refractivity contribution in [1.82, 2.24) is 5.06 Å². The van der Waals surface area contributed by atoms with E-state index in [0.29, 0.717) is 6.04 Å². The van der Waals surface area contributed by atoms with E-state index in [1.807, 2.05) is 5.06 Å². The summed E-state index contributed by atoms with van der Waals surface area (Å²) in [5.41, 5.74) is 0. The molecule has 0 spiro atoms. The van der Waals surface area contributed by atoms with Gasteiger partial charge >= 0.3 is 0 Å². The molecular weight excluding hydrogens is 150 g/mol. The van der Waals surface area contributed by atoms with Crippen LogP contribution in [0.25, 0.3) is 0 Å². The fourth-order valence-corrected chi connectivity index (χ4v) is 1.14. The van der Waals surface area contributed by atoms with E-state index in [1.165, 1.54) is 19.3 Å². The molecule has 0 unspecified atom stereocenters. The van der Waals surface area contributed by atoms with Crippen molar-refractivity contribution >= 4 is 0 Å². The highest BCUT2D eigenvalue weighted by atomic mass is 16.7. The first-order valence-electron chi connectivity index (χ1n) is 5.11. The SMILES string of the molecule is CCCCCON(CC)C(C)C. The molecule has 0 rings (SSSR count). The molecule has 0 heterocycles. The lowest BCUT2D eigenvalue weighted by Gasteiger charge is -2.23. The van der Waals surface area contributed by atoms with Gasteiger partial charge in [-0.3, -0.25) is 4.84 Å². The minimum atomic E-state index is 0.497. The molecule has 0 aromatic carbocycles. The summed E-state index contributed by atoms with van der Waals surface area (Å²) in [4.78, 5) is 5.59. The van der Waals surface area contributed by atoms with E-state index in [1.54, 1.807) is 0 Å². The van der Waals surface area contributed by atoms with E-state index < -0.39 is 0 Å². The molecule has 0 aliphatic heterocycles. The third kappa shape index (κ3) is 5.56. The van der Waals surface area contributed by atoms with Crippen molar-refractivity contribution in [2.75, 3.05) is 13.2 Å². The van der Waals surface area contributed by atoms with Crippen LogP contribution in [0.4, 0.5) is 0 Å². The minimum Gasteiger partial charge on any atom is -0.299 e. The van der Waals surface area contributed by atoms with E-state index in [0.717, 1.165) is 13.2 Å². The van der Waals surface area contributed by atoms with Gasteiger partial charge in [-0.2, -0.15) is 5.06 Å². The Bertz CT molecular complexity index is 93.8. The Morgan fingerprint density at radius 3 is 2.25 bits per heavy atom. The third-order valence-corrected chi connectivity index (χ3v) is 1.89. The number of nitrogens with zero attached hydrogens (tertiary/aromatic N) is 1. The van der Waals surface area contributed by atoms with Crippen LogP contribution in [0.15, 0.2) is 0 Å². The standard InChI is InChI=1S/C10H23NO/c1-5-7-8-9-12-11(6-2)10(3)4/h10H,5-9H2,1-4H3. The fourth-order valence-electron chi connectivity index (χ4n) is 1.14. The summed E-state index contributed by atoms with van der Waals surface area (Å²) in [5, 5.41) is 2.04. The van der Waals surface area contributed by atoms with Crippen LogP contribution in [-0.4, -0.2) is 24.3 Å². The van der Waals surface area contributed by atoms with Crippen molar-refractivity contribution in [3.8, 4) is 0 Å². The first kappa shape index (κ1) is 11.9. The van der Waals surface area contributed by atoms with Crippen molar-refractivity contribution in [1.29, 1.82) is 0 Å². The van der Waals surface area contributed by atoms with Crippen LogP contribution in [0.5, 0.6) is 0 Å². The zero-order valence-corrected chi connectivity index (χ0v) is 8.97. The van der Waals surface area contributed by atoms with Crippen LogP contribution in [0.3, 0.4) is 0 Å². The van der Waals surface area contributed by atoms with Gasteiger partial charge in [0.05, 0.1) is 6.61 Å². The summed E-state index contributed by atoms with van der Waals surface area (Å²) < 4.78 is 0. The normalized spacial score (nSPS) is 11.5. The smallest absolute Gasteiger partial charge is 0.0685 e. The van der Waals surface area contributed by atoms with Crippen molar-refractivity contribution < 1.29 is 4.84 Å². The highest BCUT2D eigenvalue weighted by Gasteiger charge is 2.05. The Morgan fingerprint density at radius 1 is 1.17 bits per heavy atom. The van der Waals surface area contributed by atoms with Gasteiger partial charge < -0.3 is 0 Å². The summed E-state index contributed by atoms with van der Waals surface area (Å²) in [6.45, 7) is 10.5. The van der Waals surface area contributed by atoms with Gasteiger partial charge in [0, 0.05) is 12.6 Å². The van der Waals surface area contributed by atoms with E-state index in [9.17, 15) is 0 Å². The maximum Gasteiger partial charge on any atom is 0.0685 e. The molecule has 2 heteroatoms.